The maximum absolute atomic E-state index is 11.8. The van der Waals surface area contributed by atoms with Crippen LogP contribution in [0.1, 0.15) is 42.6 Å². The van der Waals surface area contributed by atoms with Crippen LogP contribution in [0.15, 0.2) is 12.1 Å². The Morgan fingerprint density at radius 1 is 1.35 bits per heavy atom. The molecule has 2 rings (SSSR count). The Hall–Kier alpha value is -1.71. The number of carbonyl (C=O) groups excluding carboxylic acids is 1. The molecule has 0 saturated heterocycles. The molecule has 1 fully saturated rings. The van der Waals surface area contributed by atoms with Gasteiger partial charge < -0.3 is 15.8 Å². The summed E-state index contributed by atoms with van der Waals surface area (Å²) >= 11 is 0. The van der Waals surface area contributed by atoms with Gasteiger partial charge in [-0.1, -0.05) is 13.8 Å². The van der Waals surface area contributed by atoms with Crippen LogP contribution in [0.2, 0.25) is 0 Å². The monoisotopic (exact) mass is 276 g/mol. The van der Waals surface area contributed by atoms with Crippen molar-refractivity contribution in [3.05, 3.63) is 23.3 Å². The molecule has 1 saturated carbocycles. The molecule has 3 N–H and O–H groups in total. The lowest BCUT2D eigenvalue weighted by atomic mass is 9.97. The van der Waals surface area contributed by atoms with Crippen LogP contribution in [-0.2, 0) is 4.74 Å². The van der Waals surface area contributed by atoms with E-state index in [9.17, 15) is 4.79 Å². The van der Waals surface area contributed by atoms with Gasteiger partial charge in [-0.2, -0.15) is 0 Å². The first kappa shape index (κ1) is 14.7. The maximum Gasteiger partial charge on any atom is 0.340 e. The highest BCUT2D eigenvalue weighted by molar-refractivity contribution is 5.97. The fourth-order valence-corrected chi connectivity index (χ4v) is 2.94. The van der Waals surface area contributed by atoms with Crippen molar-refractivity contribution < 1.29 is 9.53 Å². The van der Waals surface area contributed by atoms with Gasteiger partial charge in [0.15, 0.2) is 0 Å². The average Bonchev–Trinajstić information content (AvgIpc) is 2.73. The van der Waals surface area contributed by atoms with E-state index in [-0.39, 0.29) is 5.97 Å². The summed E-state index contributed by atoms with van der Waals surface area (Å²) in [7, 11) is 1.37. The Morgan fingerprint density at radius 3 is 2.60 bits per heavy atom. The molecule has 110 valence electrons. The second kappa shape index (κ2) is 5.73. The molecule has 1 aromatic carbocycles. The number of nitrogens with two attached hydrogens (primary N) is 1. The minimum absolute atomic E-state index is 0.387. The van der Waals surface area contributed by atoms with Crippen LogP contribution in [0.25, 0.3) is 0 Å². The fourth-order valence-electron chi connectivity index (χ4n) is 2.94. The van der Waals surface area contributed by atoms with Gasteiger partial charge in [0.05, 0.1) is 12.7 Å². The molecule has 0 radical (unpaired) electrons. The lowest BCUT2D eigenvalue weighted by Gasteiger charge is -2.22. The number of nitrogens with one attached hydrogen (secondary N) is 1. The Morgan fingerprint density at radius 2 is 2.05 bits per heavy atom. The lowest BCUT2D eigenvalue weighted by Crippen LogP contribution is -2.24. The molecule has 0 heterocycles. The number of methoxy groups -OCH3 is 1. The molecule has 0 bridgehead atoms. The second-order valence-electron chi connectivity index (χ2n) is 5.91. The smallest absolute Gasteiger partial charge is 0.340 e. The summed E-state index contributed by atoms with van der Waals surface area (Å²) in [6.07, 6.45) is 2.41. The number of nitrogen functional groups attached to an aromatic ring is 1. The molecule has 0 aromatic heterocycles. The molecule has 3 atom stereocenters. The number of carbonyl (C=O) groups is 1. The molecule has 4 nitrogen and oxygen atoms in total. The summed E-state index contributed by atoms with van der Waals surface area (Å²) in [6.45, 7) is 6.48. The van der Waals surface area contributed by atoms with Gasteiger partial charge in [-0.25, -0.2) is 4.79 Å². The summed E-state index contributed by atoms with van der Waals surface area (Å²) in [6, 6.07) is 4.25. The van der Waals surface area contributed by atoms with E-state index in [0.29, 0.717) is 23.2 Å². The van der Waals surface area contributed by atoms with Gasteiger partial charge in [0.1, 0.15) is 0 Å². The van der Waals surface area contributed by atoms with Crippen LogP contribution in [0.4, 0.5) is 11.4 Å². The van der Waals surface area contributed by atoms with E-state index in [4.69, 9.17) is 10.5 Å². The van der Waals surface area contributed by atoms with Crippen LogP contribution in [0.5, 0.6) is 0 Å². The molecule has 3 unspecified atom stereocenters. The van der Waals surface area contributed by atoms with Crippen LogP contribution in [-0.4, -0.2) is 19.1 Å². The number of hydrogen-bond acceptors (Lipinski definition) is 4. The molecule has 0 spiro atoms. The average molecular weight is 276 g/mol. The van der Waals surface area contributed by atoms with Gasteiger partial charge in [0, 0.05) is 17.4 Å². The van der Waals surface area contributed by atoms with Crippen molar-refractivity contribution in [3.8, 4) is 0 Å². The minimum atomic E-state index is -0.387. The number of anilines is 2. The van der Waals surface area contributed by atoms with Crippen LogP contribution < -0.4 is 11.1 Å². The molecule has 20 heavy (non-hydrogen) atoms. The highest BCUT2D eigenvalue weighted by Crippen LogP contribution is 2.34. The standard InChI is InChI=1S/C16H24N2O2/c1-9-5-6-14(11(9)3)18-12-7-10(2)15(17)13(8-12)16(19)20-4/h7-9,11,14,18H,5-6,17H2,1-4H3. The summed E-state index contributed by atoms with van der Waals surface area (Å²) in [5.74, 6) is 0.985. The van der Waals surface area contributed by atoms with Crippen molar-refractivity contribution in [1.29, 1.82) is 0 Å². The molecule has 1 aliphatic carbocycles. The van der Waals surface area contributed by atoms with Crippen LogP contribution >= 0.6 is 0 Å². The molecule has 1 aromatic rings. The van der Waals surface area contributed by atoms with Crippen LogP contribution in [0, 0.1) is 18.8 Å². The first-order chi connectivity index (χ1) is 9.43. The van der Waals surface area contributed by atoms with Gasteiger partial charge in [-0.3, -0.25) is 0 Å². The van der Waals surface area contributed by atoms with E-state index in [0.717, 1.165) is 17.2 Å². The summed E-state index contributed by atoms with van der Waals surface area (Å²) < 4.78 is 4.79. The topological polar surface area (TPSA) is 64.3 Å². The first-order valence-corrected chi connectivity index (χ1v) is 7.19. The quantitative estimate of drug-likeness (QED) is 0.657. The number of benzene rings is 1. The summed E-state index contributed by atoms with van der Waals surface area (Å²) in [5, 5.41) is 3.55. The fraction of sp³-hybridized carbons (Fsp3) is 0.562. The van der Waals surface area contributed by atoms with Gasteiger partial charge in [-0.15, -0.1) is 0 Å². The van der Waals surface area contributed by atoms with E-state index >= 15 is 0 Å². The Bertz CT molecular complexity index is 513. The van der Waals surface area contributed by atoms with Crippen molar-refractivity contribution in [2.75, 3.05) is 18.2 Å². The third-order valence-corrected chi connectivity index (χ3v) is 4.61. The van der Waals surface area contributed by atoms with E-state index in [2.05, 4.69) is 19.2 Å². The van der Waals surface area contributed by atoms with Gasteiger partial charge in [0.2, 0.25) is 0 Å². The Labute approximate surface area is 120 Å². The third kappa shape index (κ3) is 2.74. The van der Waals surface area contributed by atoms with Crippen molar-refractivity contribution >= 4 is 17.3 Å². The Kier molecular flexibility index (Phi) is 4.21. The molecule has 0 amide bonds. The van der Waals surface area contributed by atoms with E-state index in [1.807, 2.05) is 13.0 Å². The van der Waals surface area contributed by atoms with Gasteiger partial charge in [-0.05, 0) is 49.3 Å². The second-order valence-corrected chi connectivity index (χ2v) is 5.91. The zero-order chi connectivity index (χ0) is 14.9. The number of ether oxygens (including phenoxy) is 1. The van der Waals surface area contributed by atoms with E-state index < -0.39 is 0 Å². The van der Waals surface area contributed by atoms with E-state index in [1.165, 1.54) is 20.0 Å². The predicted octanol–water partition coefficient (Wildman–Crippen LogP) is 3.21. The van der Waals surface area contributed by atoms with Crippen LogP contribution in [0.3, 0.4) is 0 Å². The number of rotatable bonds is 3. The molecular weight excluding hydrogens is 252 g/mol. The lowest BCUT2D eigenvalue weighted by molar-refractivity contribution is 0.0602. The van der Waals surface area contributed by atoms with E-state index in [1.54, 1.807) is 6.07 Å². The highest BCUT2D eigenvalue weighted by atomic mass is 16.5. The Balaban J connectivity index is 2.25. The van der Waals surface area contributed by atoms with Gasteiger partial charge in [0.25, 0.3) is 0 Å². The van der Waals surface area contributed by atoms with Crippen molar-refractivity contribution in [2.45, 2.75) is 39.7 Å². The number of aryl methyl sites for hydroxylation is 1. The van der Waals surface area contributed by atoms with Crippen molar-refractivity contribution in [3.63, 3.8) is 0 Å². The normalized spacial score (nSPS) is 25.5. The summed E-state index contributed by atoms with van der Waals surface area (Å²) in [5.41, 5.74) is 8.74. The predicted molar refractivity (Wildman–Crippen MR) is 81.9 cm³/mol. The molecule has 1 aliphatic rings. The largest absolute Gasteiger partial charge is 0.465 e. The zero-order valence-corrected chi connectivity index (χ0v) is 12.7. The minimum Gasteiger partial charge on any atom is -0.465 e. The number of esters is 1. The van der Waals surface area contributed by atoms with Crippen molar-refractivity contribution in [2.24, 2.45) is 11.8 Å². The third-order valence-electron chi connectivity index (χ3n) is 4.61. The molecule has 4 heteroatoms. The highest BCUT2D eigenvalue weighted by Gasteiger charge is 2.29. The number of hydrogen-bond donors (Lipinski definition) is 2. The molecule has 0 aliphatic heterocycles. The van der Waals surface area contributed by atoms with Crippen molar-refractivity contribution in [1.82, 2.24) is 0 Å². The molecular formula is C16H24N2O2. The maximum atomic E-state index is 11.8. The zero-order valence-electron chi connectivity index (χ0n) is 12.7. The summed E-state index contributed by atoms with van der Waals surface area (Å²) in [4.78, 5) is 11.8. The SMILES string of the molecule is COC(=O)c1cc(NC2CCC(C)C2C)cc(C)c1N. The first-order valence-electron chi connectivity index (χ1n) is 7.19. The van der Waals surface area contributed by atoms with Gasteiger partial charge >= 0.3 is 5.97 Å².